The molecule has 1 rings (SSSR count). The van der Waals surface area contributed by atoms with E-state index in [0.717, 1.165) is 25.7 Å². The topological polar surface area (TPSA) is 0 Å². The first-order chi connectivity index (χ1) is 11.2. The molecule has 0 aliphatic carbocycles. The number of allylic oxidation sites excluding steroid dienone is 4. The van der Waals surface area contributed by atoms with Gasteiger partial charge in [0.2, 0.25) is 0 Å². The van der Waals surface area contributed by atoms with E-state index < -0.39 is 0 Å². The molecular formula is C24H42. The second-order valence-corrected chi connectivity index (χ2v) is 5.08. The Labute approximate surface area is 153 Å². The summed E-state index contributed by atoms with van der Waals surface area (Å²) in [5.74, 6) is 0. The van der Waals surface area contributed by atoms with Crippen molar-refractivity contribution < 1.29 is 0 Å². The Bertz CT molecular complexity index is 461. The van der Waals surface area contributed by atoms with Gasteiger partial charge in [-0.2, -0.15) is 0 Å². The lowest BCUT2D eigenvalue weighted by Gasteiger charge is -2.06. The zero-order valence-electron chi connectivity index (χ0n) is 16.6. The molecule has 0 saturated heterocycles. The third kappa shape index (κ3) is 12.9. The summed E-state index contributed by atoms with van der Waals surface area (Å²) in [6.45, 7) is 18.4. The molecule has 138 valence electrons. The number of benzene rings is 1. The first-order valence-corrected chi connectivity index (χ1v) is 9.20. The molecule has 0 fully saturated rings. The average molecular weight is 331 g/mol. The zero-order valence-corrected chi connectivity index (χ0v) is 16.6. The lowest BCUT2D eigenvalue weighted by molar-refractivity contribution is 0.958. The summed E-state index contributed by atoms with van der Waals surface area (Å²) in [7, 11) is 0. The third-order valence-electron chi connectivity index (χ3n) is 3.30. The standard InChI is InChI=1S/C19H26.2C2H6.CH4/c1-5-7-8-9-10-16(3)11-14-19-15-17(4)12-13-18(19)6-2;2*1-2;/h6-8,11-13,15H,2,5,9-10,14H2,1,3-4H3;2*1-2H3;1H4/b8-7-,16-11-;;;. The third-order valence-corrected chi connectivity index (χ3v) is 3.30. The van der Waals surface area contributed by atoms with E-state index in [1.165, 1.54) is 22.3 Å². The molecule has 0 aliphatic rings. The van der Waals surface area contributed by atoms with Gasteiger partial charge in [-0.1, -0.05) is 102 Å². The van der Waals surface area contributed by atoms with Crippen molar-refractivity contribution in [1.29, 1.82) is 0 Å². The Hall–Kier alpha value is -1.56. The molecule has 24 heavy (non-hydrogen) atoms. The number of aryl methyl sites for hydroxylation is 1. The number of hydrogen-bond donors (Lipinski definition) is 0. The van der Waals surface area contributed by atoms with E-state index in [0.29, 0.717) is 0 Å². The second-order valence-electron chi connectivity index (χ2n) is 5.08. The van der Waals surface area contributed by atoms with Crippen LogP contribution in [0.2, 0.25) is 0 Å². The first kappa shape index (κ1) is 27.3. The van der Waals surface area contributed by atoms with Crippen LogP contribution in [0.4, 0.5) is 0 Å². The van der Waals surface area contributed by atoms with Crippen molar-refractivity contribution in [2.75, 3.05) is 0 Å². The average Bonchev–Trinajstić information content (AvgIpc) is 2.60. The molecule has 0 unspecified atom stereocenters. The van der Waals surface area contributed by atoms with Crippen LogP contribution < -0.4 is 0 Å². The molecule has 1 aromatic carbocycles. The maximum Gasteiger partial charge on any atom is -0.00888 e. The summed E-state index contributed by atoms with van der Waals surface area (Å²) >= 11 is 0. The van der Waals surface area contributed by atoms with Gasteiger partial charge in [0, 0.05) is 0 Å². The molecule has 0 N–H and O–H groups in total. The molecule has 0 atom stereocenters. The quantitative estimate of drug-likeness (QED) is 0.439. The second kappa shape index (κ2) is 19.5. The normalized spacial score (nSPS) is 10.0. The zero-order chi connectivity index (χ0) is 18.1. The van der Waals surface area contributed by atoms with Crippen LogP contribution in [0.1, 0.15) is 84.9 Å². The monoisotopic (exact) mass is 330 g/mol. The smallest absolute Gasteiger partial charge is 0.00888 e. The molecule has 1 aromatic rings. The fourth-order valence-corrected chi connectivity index (χ4v) is 2.09. The predicted octanol–water partition coefficient (Wildman–Crippen LogP) is 8.56. The maximum absolute atomic E-state index is 3.89. The Balaban J connectivity index is -0.000000817. The largest absolute Gasteiger partial charge is 0.0985 e. The van der Waals surface area contributed by atoms with Crippen LogP contribution in [-0.2, 0) is 6.42 Å². The van der Waals surface area contributed by atoms with Crippen molar-refractivity contribution in [3.8, 4) is 0 Å². The summed E-state index contributed by atoms with van der Waals surface area (Å²) < 4.78 is 0. The molecule has 0 radical (unpaired) electrons. The summed E-state index contributed by atoms with van der Waals surface area (Å²) in [6.07, 6.45) is 13.3. The minimum Gasteiger partial charge on any atom is -0.0985 e. The number of hydrogen-bond acceptors (Lipinski definition) is 0. The van der Waals surface area contributed by atoms with Gasteiger partial charge in [0.25, 0.3) is 0 Å². The Morgan fingerprint density at radius 3 is 2.25 bits per heavy atom. The molecule has 0 aliphatic heterocycles. The highest BCUT2D eigenvalue weighted by Crippen LogP contribution is 2.16. The van der Waals surface area contributed by atoms with E-state index in [2.05, 4.69) is 63.8 Å². The molecule has 0 heterocycles. The lowest BCUT2D eigenvalue weighted by atomic mass is 10.00. The SMILES string of the molecule is C.C=Cc1ccc(C)cc1C/C=C(/C)CC/C=C\CC.CC.CC. The summed E-state index contributed by atoms with van der Waals surface area (Å²) in [6, 6.07) is 6.56. The van der Waals surface area contributed by atoms with Crippen LogP contribution in [0.25, 0.3) is 6.08 Å². The fourth-order valence-electron chi connectivity index (χ4n) is 2.09. The highest BCUT2D eigenvalue weighted by molar-refractivity contribution is 5.53. The lowest BCUT2D eigenvalue weighted by Crippen LogP contribution is -1.89. The Morgan fingerprint density at radius 2 is 1.71 bits per heavy atom. The molecule has 0 bridgehead atoms. The van der Waals surface area contributed by atoms with Crippen molar-refractivity contribution >= 4 is 6.08 Å². The fraction of sp³-hybridized carbons (Fsp3) is 0.500. The van der Waals surface area contributed by atoms with Crippen LogP contribution in [0.3, 0.4) is 0 Å². The van der Waals surface area contributed by atoms with Gasteiger partial charge >= 0.3 is 0 Å². The van der Waals surface area contributed by atoms with Crippen LogP contribution >= 0.6 is 0 Å². The summed E-state index contributed by atoms with van der Waals surface area (Å²) in [5.41, 5.74) is 5.41. The molecule has 0 aromatic heterocycles. The molecule has 0 saturated carbocycles. The minimum absolute atomic E-state index is 0. The number of rotatable bonds is 7. The predicted molar refractivity (Wildman–Crippen MR) is 117 cm³/mol. The van der Waals surface area contributed by atoms with Crippen molar-refractivity contribution in [2.24, 2.45) is 0 Å². The van der Waals surface area contributed by atoms with Gasteiger partial charge in [0.05, 0.1) is 0 Å². The Kier molecular flexibility index (Phi) is 22.2. The molecule has 0 amide bonds. The molecule has 0 nitrogen and oxygen atoms in total. The van der Waals surface area contributed by atoms with Crippen LogP contribution in [0.5, 0.6) is 0 Å². The van der Waals surface area contributed by atoms with E-state index in [-0.39, 0.29) is 7.43 Å². The van der Waals surface area contributed by atoms with Gasteiger partial charge in [-0.3, -0.25) is 0 Å². The van der Waals surface area contributed by atoms with Crippen LogP contribution in [0, 0.1) is 6.92 Å². The van der Waals surface area contributed by atoms with E-state index in [1.807, 2.05) is 33.8 Å². The van der Waals surface area contributed by atoms with E-state index >= 15 is 0 Å². The first-order valence-electron chi connectivity index (χ1n) is 9.20. The summed E-state index contributed by atoms with van der Waals surface area (Å²) in [4.78, 5) is 0. The van der Waals surface area contributed by atoms with Gasteiger partial charge < -0.3 is 0 Å². The van der Waals surface area contributed by atoms with Crippen molar-refractivity contribution in [3.05, 3.63) is 65.3 Å². The van der Waals surface area contributed by atoms with Gasteiger partial charge in [0.15, 0.2) is 0 Å². The maximum atomic E-state index is 3.89. The van der Waals surface area contributed by atoms with Crippen LogP contribution in [-0.4, -0.2) is 0 Å². The van der Waals surface area contributed by atoms with E-state index in [1.54, 1.807) is 0 Å². The van der Waals surface area contributed by atoms with Gasteiger partial charge in [-0.05, 0) is 50.7 Å². The van der Waals surface area contributed by atoms with Crippen molar-refractivity contribution in [1.82, 2.24) is 0 Å². The van der Waals surface area contributed by atoms with E-state index in [9.17, 15) is 0 Å². The van der Waals surface area contributed by atoms with Crippen LogP contribution in [0.15, 0.2) is 48.6 Å². The molecular weight excluding hydrogens is 288 g/mol. The molecule has 0 spiro atoms. The van der Waals surface area contributed by atoms with Crippen molar-refractivity contribution in [3.63, 3.8) is 0 Å². The van der Waals surface area contributed by atoms with Gasteiger partial charge in [0.1, 0.15) is 0 Å². The van der Waals surface area contributed by atoms with Gasteiger partial charge in [-0.15, -0.1) is 0 Å². The van der Waals surface area contributed by atoms with Gasteiger partial charge in [-0.25, -0.2) is 0 Å². The van der Waals surface area contributed by atoms with Crippen molar-refractivity contribution in [2.45, 2.75) is 81.6 Å². The minimum atomic E-state index is 0. The summed E-state index contributed by atoms with van der Waals surface area (Å²) in [5, 5.41) is 0. The Morgan fingerprint density at radius 1 is 1.08 bits per heavy atom. The molecule has 0 heteroatoms. The highest BCUT2D eigenvalue weighted by Gasteiger charge is 1.98. The van der Waals surface area contributed by atoms with E-state index in [4.69, 9.17) is 0 Å². The highest BCUT2D eigenvalue weighted by atomic mass is 14.0.